The van der Waals surface area contributed by atoms with Crippen molar-refractivity contribution < 1.29 is 4.39 Å². The first kappa shape index (κ1) is 15.9. The van der Waals surface area contributed by atoms with Gasteiger partial charge in [0.05, 0.1) is 0 Å². The highest BCUT2D eigenvalue weighted by atomic mass is 19.1. The molecule has 0 aromatic heterocycles. The lowest BCUT2D eigenvalue weighted by Gasteiger charge is -2.19. The number of hydrogen-bond donors (Lipinski definition) is 1. The number of alkyl halides is 1. The Hall–Kier alpha value is -0.150. The molecule has 1 unspecified atom stereocenters. The van der Waals surface area contributed by atoms with Crippen LogP contribution in [0.25, 0.3) is 0 Å². The van der Waals surface area contributed by atoms with Gasteiger partial charge in [-0.15, -0.1) is 0 Å². The molecule has 16 heavy (non-hydrogen) atoms. The summed E-state index contributed by atoms with van der Waals surface area (Å²) in [6, 6.07) is 0.535. The highest BCUT2D eigenvalue weighted by molar-refractivity contribution is 5.04. The van der Waals surface area contributed by atoms with Crippen LogP contribution in [-0.2, 0) is 0 Å². The summed E-state index contributed by atoms with van der Waals surface area (Å²) in [6.07, 6.45) is 3.24. The predicted octanol–water partition coefficient (Wildman–Crippen LogP) is 2.83. The summed E-state index contributed by atoms with van der Waals surface area (Å²) in [6.45, 7) is 10.1. The van der Waals surface area contributed by atoms with E-state index in [0.717, 1.165) is 25.9 Å². The quantitative estimate of drug-likeness (QED) is 0.805. The molecule has 1 saturated carbocycles. The molecule has 0 spiro atoms. The third-order valence-corrected chi connectivity index (χ3v) is 3.01. The van der Waals surface area contributed by atoms with Crippen molar-refractivity contribution in [2.24, 2.45) is 0 Å². The normalized spacial score (nSPS) is 26.2. The van der Waals surface area contributed by atoms with Crippen LogP contribution in [0.5, 0.6) is 0 Å². The van der Waals surface area contributed by atoms with E-state index in [9.17, 15) is 4.39 Å². The van der Waals surface area contributed by atoms with Crippen LogP contribution in [0.4, 0.5) is 4.39 Å². The molecule has 2 nitrogen and oxygen atoms in total. The zero-order valence-electron chi connectivity index (χ0n) is 11.6. The number of hydrogen-bond acceptors (Lipinski definition) is 2. The number of rotatable bonds is 3. The van der Waals surface area contributed by atoms with Gasteiger partial charge in [0.25, 0.3) is 0 Å². The summed E-state index contributed by atoms with van der Waals surface area (Å²) >= 11 is 0. The summed E-state index contributed by atoms with van der Waals surface area (Å²) in [5.41, 5.74) is -0.101. The summed E-state index contributed by atoms with van der Waals surface area (Å²) in [5, 5.41) is 3.43. The molecule has 1 N–H and O–H groups in total. The largest absolute Gasteiger partial charge is 0.305 e. The lowest BCUT2D eigenvalue weighted by Crippen LogP contribution is -2.42. The van der Waals surface area contributed by atoms with Crippen LogP contribution < -0.4 is 5.32 Å². The smallest absolute Gasteiger partial charge is 0.108 e. The van der Waals surface area contributed by atoms with E-state index in [2.05, 4.69) is 17.3 Å². The van der Waals surface area contributed by atoms with Crippen LogP contribution in [0.2, 0.25) is 0 Å². The molecule has 2 fully saturated rings. The van der Waals surface area contributed by atoms with E-state index in [0.29, 0.717) is 6.04 Å². The Bertz CT molecular complexity index is 169. The molecule has 2 rings (SSSR count). The minimum atomic E-state index is -0.187. The van der Waals surface area contributed by atoms with Gasteiger partial charge in [0.2, 0.25) is 0 Å². The summed E-state index contributed by atoms with van der Waals surface area (Å²) in [4.78, 5) is 2.30. The predicted molar refractivity (Wildman–Crippen MR) is 69.7 cm³/mol. The lowest BCUT2D eigenvalue weighted by atomic mass is 10.2. The van der Waals surface area contributed by atoms with Gasteiger partial charge >= 0.3 is 0 Å². The van der Waals surface area contributed by atoms with Crippen LogP contribution in [0.1, 0.15) is 47.0 Å². The molecule has 1 aliphatic heterocycles. The standard InChI is InChI=1S/C9H17FN2.2C2H6/c1-12-5-2-8(6-12)11-9(7-10)3-4-9;2*1-2/h8,11H,2-7H2,1H3;2*1-2H3. The maximum Gasteiger partial charge on any atom is 0.108 e. The van der Waals surface area contributed by atoms with Gasteiger partial charge in [0.15, 0.2) is 0 Å². The van der Waals surface area contributed by atoms with Crippen molar-refractivity contribution in [1.82, 2.24) is 10.2 Å². The van der Waals surface area contributed by atoms with Crippen molar-refractivity contribution in [3.05, 3.63) is 0 Å². The molecule has 1 aliphatic carbocycles. The second-order valence-corrected chi connectivity index (χ2v) is 4.31. The molecule has 0 aromatic rings. The number of likely N-dealkylation sites (N-methyl/N-ethyl adjacent to an activating group) is 1. The Labute approximate surface area is 101 Å². The third-order valence-electron chi connectivity index (χ3n) is 3.01. The maximum absolute atomic E-state index is 12.5. The highest BCUT2D eigenvalue weighted by Crippen LogP contribution is 2.36. The molecule has 1 heterocycles. The Morgan fingerprint density at radius 2 is 1.81 bits per heavy atom. The Kier molecular flexibility index (Phi) is 7.94. The van der Waals surface area contributed by atoms with Gasteiger partial charge in [-0.3, -0.25) is 0 Å². The van der Waals surface area contributed by atoms with E-state index in [-0.39, 0.29) is 12.2 Å². The molecule has 0 bridgehead atoms. The number of nitrogens with one attached hydrogen (secondary N) is 1. The fourth-order valence-electron chi connectivity index (χ4n) is 1.95. The van der Waals surface area contributed by atoms with E-state index in [1.165, 1.54) is 6.42 Å². The SMILES string of the molecule is CC.CC.CN1CCC(NC2(CF)CC2)C1. The first-order valence-corrected chi connectivity index (χ1v) is 6.76. The summed E-state index contributed by atoms with van der Waals surface area (Å²) < 4.78 is 12.5. The van der Waals surface area contributed by atoms with Crippen LogP contribution in [-0.4, -0.2) is 43.3 Å². The topological polar surface area (TPSA) is 15.3 Å². The molecule has 0 radical (unpaired) electrons. The first-order chi connectivity index (χ1) is 7.74. The van der Waals surface area contributed by atoms with Crippen molar-refractivity contribution in [1.29, 1.82) is 0 Å². The molecule has 1 atom stereocenters. The average molecular weight is 232 g/mol. The van der Waals surface area contributed by atoms with Crippen molar-refractivity contribution in [3.63, 3.8) is 0 Å². The molecule has 1 saturated heterocycles. The highest BCUT2D eigenvalue weighted by Gasteiger charge is 2.44. The molecule has 98 valence electrons. The Morgan fingerprint density at radius 1 is 1.25 bits per heavy atom. The molecule has 0 aromatic carbocycles. The second kappa shape index (κ2) is 8.02. The second-order valence-electron chi connectivity index (χ2n) is 4.31. The minimum Gasteiger partial charge on any atom is -0.305 e. The zero-order chi connectivity index (χ0) is 12.6. The van der Waals surface area contributed by atoms with Gasteiger partial charge in [-0.05, 0) is 32.9 Å². The van der Waals surface area contributed by atoms with Crippen LogP contribution >= 0.6 is 0 Å². The van der Waals surface area contributed by atoms with Crippen LogP contribution in [0.15, 0.2) is 0 Å². The van der Waals surface area contributed by atoms with Crippen molar-refractivity contribution >= 4 is 0 Å². The summed E-state index contributed by atoms with van der Waals surface area (Å²) in [7, 11) is 2.12. The molecular weight excluding hydrogens is 203 g/mol. The fourth-order valence-corrected chi connectivity index (χ4v) is 1.95. The number of halogens is 1. The van der Waals surface area contributed by atoms with Gasteiger partial charge in [0, 0.05) is 18.1 Å². The van der Waals surface area contributed by atoms with Gasteiger partial charge in [-0.25, -0.2) is 4.39 Å². The average Bonchev–Trinajstić information content (AvgIpc) is 3.01. The molecule has 0 amide bonds. The van der Waals surface area contributed by atoms with E-state index in [1.807, 2.05) is 27.7 Å². The van der Waals surface area contributed by atoms with E-state index in [1.54, 1.807) is 0 Å². The van der Waals surface area contributed by atoms with Crippen LogP contribution in [0.3, 0.4) is 0 Å². The maximum atomic E-state index is 12.5. The van der Waals surface area contributed by atoms with E-state index >= 15 is 0 Å². The number of nitrogens with zero attached hydrogens (tertiary/aromatic N) is 1. The van der Waals surface area contributed by atoms with Crippen LogP contribution in [0, 0.1) is 0 Å². The molecule has 3 heteroatoms. The molecule has 2 aliphatic rings. The third kappa shape index (κ3) is 4.79. The van der Waals surface area contributed by atoms with Crippen molar-refractivity contribution in [2.45, 2.75) is 58.5 Å². The van der Waals surface area contributed by atoms with Gasteiger partial charge in [-0.1, -0.05) is 27.7 Å². The minimum absolute atomic E-state index is 0.101. The zero-order valence-corrected chi connectivity index (χ0v) is 11.6. The summed E-state index contributed by atoms with van der Waals surface area (Å²) in [5.74, 6) is 0. The molecular formula is C13H29FN2. The van der Waals surface area contributed by atoms with Crippen molar-refractivity contribution in [2.75, 3.05) is 26.8 Å². The van der Waals surface area contributed by atoms with Crippen molar-refractivity contribution in [3.8, 4) is 0 Å². The van der Waals surface area contributed by atoms with E-state index < -0.39 is 0 Å². The Morgan fingerprint density at radius 3 is 2.12 bits per heavy atom. The Balaban J connectivity index is 0.000000509. The van der Waals surface area contributed by atoms with Gasteiger partial charge in [0.1, 0.15) is 6.67 Å². The first-order valence-electron chi connectivity index (χ1n) is 6.76. The van der Waals surface area contributed by atoms with Gasteiger partial charge < -0.3 is 10.2 Å². The van der Waals surface area contributed by atoms with E-state index in [4.69, 9.17) is 0 Å². The number of likely N-dealkylation sites (tertiary alicyclic amines) is 1. The monoisotopic (exact) mass is 232 g/mol. The van der Waals surface area contributed by atoms with Gasteiger partial charge in [-0.2, -0.15) is 0 Å². The lowest BCUT2D eigenvalue weighted by molar-refractivity contribution is 0.318. The fraction of sp³-hybridized carbons (Fsp3) is 1.00.